The third-order valence-corrected chi connectivity index (χ3v) is 3.53. The minimum atomic E-state index is 0. The molecular weight excluding hydrogens is 399 g/mol. The molecule has 4 nitrogen and oxygen atoms in total. The molecule has 1 aromatic carbocycles. The van der Waals surface area contributed by atoms with Gasteiger partial charge < -0.3 is 10.2 Å². The molecule has 0 atom stereocenters. The van der Waals surface area contributed by atoms with Crippen molar-refractivity contribution in [1.29, 1.82) is 0 Å². The van der Waals surface area contributed by atoms with Gasteiger partial charge in [-0.2, -0.15) is 0 Å². The van der Waals surface area contributed by atoms with Crippen molar-refractivity contribution in [2.45, 2.75) is 19.9 Å². The molecular formula is C18H25IN4. The van der Waals surface area contributed by atoms with E-state index in [1.807, 2.05) is 19.3 Å². The van der Waals surface area contributed by atoms with Gasteiger partial charge in [-0.05, 0) is 30.5 Å². The highest BCUT2D eigenvalue weighted by atomic mass is 127. The van der Waals surface area contributed by atoms with E-state index in [-0.39, 0.29) is 24.0 Å². The maximum atomic E-state index is 4.35. The van der Waals surface area contributed by atoms with E-state index in [2.05, 4.69) is 64.5 Å². The van der Waals surface area contributed by atoms with Gasteiger partial charge in [0.1, 0.15) is 0 Å². The van der Waals surface area contributed by atoms with Crippen LogP contribution in [0.1, 0.15) is 16.7 Å². The van der Waals surface area contributed by atoms with Crippen molar-refractivity contribution in [1.82, 2.24) is 15.2 Å². The second-order valence-electron chi connectivity index (χ2n) is 5.43. The molecule has 0 unspecified atom stereocenters. The van der Waals surface area contributed by atoms with Gasteiger partial charge in [-0.15, -0.1) is 24.0 Å². The number of pyridine rings is 1. The Balaban J connectivity index is 0.00000264. The molecule has 23 heavy (non-hydrogen) atoms. The van der Waals surface area contributed by atoms with Crippen molar-refractivity contribution in [2.75, 3.05) is 20.6 Å². The average Bonchev–Trinajstić information content (AvgIpc) is 2.54. The van der Waals surface area contributed by atoms with Crippen molar-refractivity contribution < 1.29 is 0 Å². The smallest absolute Gasteiger partial charge is 0.193 e. The largest absolute Gasteiger partial charge is 0.356 e. The number of rotatable bonds is 5. The summed E-state index contributed by atoms with van der Waals surface area (Å²) in [6.45, 7) is 3.79. The zero-order valence-electron chi connectivity index (χ0n) is 14.0. The summed E-state index contributed by atoms with van der Waals surface area (Å²) in [5.41, 5.74) is 3.79. The molecule has 2 aromatic rings. The first kappa shape index (κ1) is 19.4. The number of aryl methyl sites for hydroxylation is 1. The van der Waals surface area contributed by atoms with Crippen LogP contribution in [0.25, 0.3) is 0 Å². The SMILES string of the molecule is CN=C(NCCc1cccnc1)N(C)Cc1ccc(C)cc1.I. The number of halogens is 1. The molecule has 0 aliphatic carbocycles. The van der Waals surface area contributed by atoms with Gasteiger partial charge in [0.25, 0.3) is 0 Å². The minimum Gasteiger partial charge on any atom is -0.356 e. The van der Waals surface area contributed by atoms with Crippen LogP contribution in [0.3, 0.4) is 0 Å². The molecule has 0 aliphatic heterocycles. The highest BCUT2D eigenvalue weighted by Gasteiger charge is 2.06. The first-order valence-corrected chi connectivity index (χ1v) is 7.55. The molecule has 0 fully saturated rings. The molecule has 1 heterocycles. The lowest BCUT2D eigenvalue weighted by Crippen LogP contribution is -2.39. The topological polar surface area (TPSA) is 40.5 Å². The summed E-state index contributed by atoms with van der Waals surface area (Å²) in [7, 11) is 3.87. The van der Waals surface area contributed by atoms with Crippen LogP contribution in [0.5, 0.6) is 0 Å². The number of hydrogen-bond donors (Lipinski definition) is 1. The number of hydrogen-bond acceptors (Lipinski definition) is 2. The molecule has 5 heteroatoms. The van der Waals surface area contributed by atoms with Gasteiger partial charge in [0.2, 0.25) is 0 Å². The molecule has 0 saturated heterocycles. The van der Waals surface area contributed by atoms with Crippen molar-refractivity contribution in [3.05, 3.63) is 65.5 Å². The van der Waals surface area contributed by atoms with Crippen molar-refractivity contribution >= 4 is 29.9 Å². The summed E-state index contributed by atoms with van der Waals surface area (Å²) in [6.07, 6.45) is 4.64. The zero-order valence-corrected chi connectivity index (χ0v) is 16.3. The number of benzene rings is 1. The number of guanidine groups is 1. The fourth-order valence-electron chi connectivity index (χ4n) is 2.29. The third kappa shape index (κ3) is 6.56. The van der Waals surface area contributed by atoms with Crippen LogP contribution < -0.4 is 5.32 Å². The Bertz CT molecular complexity index is 596. The summed E-state index contributed by atoms with van der Waals surface area (Å²) >= 11 is 0. The molecule has 0 spiro atoms. The Kier molecular flexibility index (Phi) is 8.61. The number of nitrogens with one attached hydrogen (secondary N) is 1. The molecule has 0 radical (unpaired) electrons. The number of nitrogens with zero attached hydrogens (tertiary/aromatic N) is 3. The minimum absolute atomic E-state index is 0. The van der Waals surface area contributed by atoms with E-state index in [0.29, 0.717) is 0 Å². The van der Waals surface area contributed by atoms with E-state index in [1.54, 1.807) is 6.20 Å². The molecule has 0 amide bonds. The Morgan fingerprint density at radius 3 is 2.52 bits per heavy atom. The Morgan fingerprint density at radius 2 is 1.91 bits per heavy atom. The van der Waals surface area contributed by atoms with E-state index in [0.717, 1.165) is 25.5 Å². The summed E-state index contributed by atoms with van der Waals surface area (Å²) < 4.78 is 0. The van der Waals surface area contributed by atoms with E-state index in [4.69, 9.17) is 0 Å². The first-order chi connectivity index (χ1) is 10.7. The van der Waals surface area contributed by atoms with Gasteiger partial charge in [-0.25, -0.2) is 0 Å². The predicted octanol–water partition coefficient (Wildman–Crippen LogP) is 3.26. The van der Waals surface area contributed by atoms with E-state index >= 15 is 0 Å². The normalized spacial score (nSPS) is 10.8. The average molecular weight is 424 g/mol. The van der Waals surface area contributed by atoms with Crippen LogP contribution in [0, 0.1) is 6.92 Å². The molecule has 1 N–H and O–H groups in total. The molecule has 124 valence electrons. The Morgan fingerprint density at radius 1 is 1.17 bits per heavy atom. The van der Waals surface area contributed by atoms with E-state index < -0.39 is 0 Å². The second kappa shape index (κ2) is 10.2. The fourth-order valence-corrected chi connectivity index (χ4v) is 2.29. The standard InChI is InChI=1S/C18H24N4.HI/c1-15-6-8-17(9-7-15)14-22(3)18(19-2)21-12-10-16-5-4-11-20-13-16;/h4-9,11,13H,10,12,14H2,1-3H3,(H,19,21);1H. The van der Waals surface area contributed by atoms with Gasteiger partial charge >= 0.3 is 0 Å². The van der Waals surface area contributed by atoms with Crippen LogP contribution in [0.15, 0.2) is 53.8 Å². The quantitative estimate of drug-likeness (QED) is 0.455. The number of aromatic nitrogens is 1. The molecule has 0 saturated carbocycles. The van der Waals surface area contributed by atoms with Gasteiger partial charge in [-0.3, -0.25) is 9.98 Å². The maximum Gasteiger partial charge on any atom is 0.193 e. The van der Waals surface area contributed by atoms with Crippen LogP contribution in [0.2, 0.25) is 0 Å². The van der Waals surface area contributed by atoms with Crippen LogP contribution in [0.4, 0.5) is 0 Å². The molecule has 0 aliphatic rings. The fraction of sp³-hybridized carbons (Fsp3) is 0.333. The van der Waals surface area contributed by atoms with Crippen molar-refractivity contribution in [3.8, 4) is 0 Å². The lowest BCUT2D eigenvalue weighted by atomic mass is 10.1. The van der Waals surface area contributed by atoms with Gasteiger partial charge in [0.15, 0.2) is 5.96 Å². The maximum absolute atomic E-state index is 4.35. The Labute approximate surface area is 156 Å². The highest BCUT2D eigenvalue weighted by Crippen LogP contribution is 2.06. The van der Waals surface area contributed by atoms with Gasteiger partial charge in [-0.1, -0.05) is 35.9 Å². The summed E-state index contributed by atoms with van der Waals surface area (Å²) in [5, 5.41) is 3.40. The molecule has 1 aromatic heterocycles. The number of aliphatic imine (C=N–C) groups is 1. The molecule has 2 rings (SSSR count). The first-order valence-electron chi connectivity index (χ1n) is 7.55. The van der Waals surface area contributed by atoms with Crippen LogP contribution in [-0.2, 0) is 13.0 Å². The third-order valence-electron chi connectivity index (χ3n) is 3.53. The second-order valence-corrected chi connectivity index (χ2v) is 5.43. The lowest BCUT2D eigenvalue weighted by molar-refractivity contribution is 0.477. The van der Waals surface area contributed by atoms with Gasteiger partial charge in [0.05, 0.1) is 0 Å². The van der Waals surface area contributed by atoms with E-state index in [1.165, 1.54) is 16.7 Å². The zero-order chi connectivity index (χ0) is 15.8. The van der Waals surface area contributed by atoms with Crippen molar-refractivity contribution in [3.63, 3.8) is 0 Å². The summed E-state index contributed by atoms with van der Waals surface area (Å²) in [6, 6.07) is 12.7. The van der Waals surface area contributed by atoms with Gasteiger partial charge in [0, 0.05) is 39.6 Å². The van der Waals surface area contributed by atoms with Crippen molar-refractivity contribution in [2.24, 2.45) is 4.99 Å². The predicted molar refractivity (Wildman–Crippen MR) is 107 cm³/mol. The summed E-state index contributed by atoms with van der Waals surface area (Å²) in [5.74, 6) is 0.907. The van der Waals surface area contributed by atoms with Crippen LogP contribution in [-0.4, -0.2) is 36.5 Å². The van der Waals surface area contributed by atoms with Crippen LogP contribution >= 0.6 is 24.0 Å². The highest BCUT2D eigenvalue weighted by molar-refractivity contribution is 14.0. The Hall–Kier alpha value is -1.63. The summed E-state index contributed by atoms with van der Waals surface area (Å²) in [4.78, 5) is 10.6. The lowest BCUT2D eigenvalue weighted by Gasteiger charge is -2.22. The monoisotopic (exact) mass is 424 g/mol. The molecule has 0 bridgehead atoms. The van der Waals surface area contributed by atoms with E-state index in [9.17, 15) is 0 Å².